The number of hydrogen-bond donors (Lipinski definition) is 3. The van der Waals surface area contributed by atoms with E-state index in [2.05, 4.69) is 10.3 Å². The number of benzene rings is 2. The van der Waals surface area contributed by atoms with Crippen molar-refractivity contribution in [1.82, 2.24) is 19.8 Å². The van der Waals surface area contributed by atoms with E-state index in [1.54, 1.807) is 0 Å². The molecule has 1 saturated heterocycles. The van der Waals surface area contributed by atoms with Gasteiger partial charge in [0.15, 0.2) is 0 Å². The van der Waals surface area contributed by atoms with Crippen LogP contribution in [0.15, 0.2) is 88.0 Å². The number of imide groups is 2. The van der Waals surface area contributed by atoms with E-state index in [4.69, 9.17) is 0 Å². The van der Waals surface area contributed by atoms with Crippen LogP contribution in [0, 0.1) is 0 Å². The molecule has 1 aromatic heterocycles. The number of barbiturate groups is 1. The van der Waals surface area contributed by atoms with Gasteiger partial charge in [-0.3, -0.25) is 34.2 Å². The summed E-state index contributed by atoms with van der Waals surface area (Å²) in [5.41, 5.74) is 1.15. The highest BCUT2D eigenvalue weighted by Crippen LogP contribution is 2.25. The Hall–Kier alpha value is -5.25. The maximum absolute atomic E-state index is 12.5. The van der Waals surface area contributed by atoms with E-state index < -0.39 is 35.0 Å². The van der Waals surface area contributed by atoms with Gasteiger partial charge in [-0.1, -0.05) is 66.7 Å². The molecule has 10 heteroatoms. The van der Waals surface area contributed by atoms with Crippen molar-refractivity contribution in [2.75, 3.05) is 7.05 Å². The third-order valence-electron chi connectivity index (χ3n) is 5.82. The van der Waals surface area contributed by atoms with Gasteiger partial charge in [0.25, 0.3) is 17.4 Å². The predicted molar refractivity (Wildman–Crippen MR) is 137 cm³/mol. The minimum atomic E-state index is -0.834. The number of aromatic hydroxyl groups is 1. The van der Waals surface area contributed by atoms with E-state index in [0.29, 0.717) is 11.1 Å². The number of likely N-dealkylation sites (N-methyl/N-ethyl adjacent to an activating group) is 1. The van der Waals surface area contributed by atoms with Crippen molar-refractivity contribution in [2.24, 2.45) is 7.05 Å². The summed E-state index contributed by atoms with van der Waals surface area (Å²) < 4.78 is 0.888. The number of carbonyl (C=O) groups excluding carboxylic acids is 3. The standard InChI is InChI=1S/C27H22N4O6/c1-30-24(34)20(22(32)28-26(30)36)14-12-19(13-15-21-23(33)29-27(37)31(2)25(21)35)18-10-8-17(9-11-18)16-6-4-3-5-7-16/h3-15,34H,1-2H3,(H,28,32,36)(H,29,33,37). The van der Waals surface area contributed by atoms with E-state index in [1.165, 1.54) is 38.4 Å². The van der Waals surface area contributed by atoms with Gasteiger partial charge in [0.05, 0.1) is 0 Å². The zero-order valence-corrected chi connectivity index (χ0v) is 19.9. The summed E-state index contributed by atoms with van der Waals surface area (Å²) in [5.74, 6) is -2.12. The number of urea groups is 1. The zero-order chi connectivity index (χ0) is 26.7. The molecule has 37 heavy (non-hydrogen) atoms. The van der Waals surface area contributed by atoms with Crippen molar-refractivity contribution in [2.45, 2.75) is 0 Å². The van der Waals surface area contributed by atoms with Crippen LogP contribution in [-0.2, 0) is 16.6 Å². The van der Waals surface area contributed by atoms with Gasteiger partial charge in [-0.2, -0.15) is 0 Å². The fraction of sp³-hybridized carbons (Fsp3) is 0.0741. The Morgan fingerprint density at radius 1 is 0.892 bits per heavy atom. The summed E-state index contributed by atoms with van der Waals surface area (Å²) in [4.78, 5) is 63.3. The Kier molecular flexibility index (Phi) is 6.83. The largest absolute Gasteiger partial charge is 0.494 e. The van der Waals surface area contributed by atoms with Gasteiger partial charge >= 0.3 is 11.7 Å². The minimum absolute atomic E-state index is 0.154. The number of hydrogen-bond acceptors (Lipinski definition) is 6. The summed E-state index contributed by atoms with van der Waals surface area (Å²) >= 11 is 0. The molecular formula is C27H22N4O6. The molecule has 10 nitrogen and oxygen atoms in total. The lowest BCUT2D eigenvalue weighted by molar-refractivity contribution is -0.129. The topological polar surface area (TPSA) is 142 Å². The van der Waals surface area contributed by atoms with Crippen molar-refractivity contribution >= 4 is 29.5 Å². The fourth-order valence-electron chi connectivity index (χ4n) is 3.62. The third kappa shape index (κ3) is 5.08. The van der Waals surface area contributed by atoms with Gasteiger partial charge in [-0.15, -0.1) is 0 Å². The Bertz CT molecular complexity index is 1610. The number of nitrogens with one attached hydrogen (secondary N) is 2. The van der Waals surface area contributed by atoms with Crippen molar-refractivity contribution < 1.29 is 19.5 Å². The highest BCUT2D eigenvalue weighted by molar-refractivity contribution is 6.28. The van der Waals surface area contributed by atoms with Crippen molar-refractivity contribution in [3.63, 3.8) is 0 Å². The van der Waals surface area contributed by atoms with Crippen LogP contribution in [0.4, 0.5) is 4.79 Å². The van der Waals surface area contributed by atoms with Crippen LogP contribution in [0.5, 0.6) is 5.88 Å². The molecule has 2 aromatic carbocycles. The summed E-state index contributed by atoms with van der Waals surface area (Å²) in [5, 5.41) is 12.4. The lowest BCUT2D eigenvalue weighted by atomic mass is 9.99. The maximum atomic E-state index is 12.5. The van der Waals surface area contributed by atoms with Crippen LogP contribution < -0.4 is 16.6 Å². The molecule has 0 unspecified atom stereocenters. The van der Waals surface area contributed by atoms with E-state index in [1.807, 2.05) is 54.6 Å². The predicted octanol–water partition coefficient (Wildman–Crippen LogP) is 2.18. The SMILES string of the molecule is CN1C(=O)NC(=O)C(=CC=C(C=Cc2c(O)n(C)c(=O)[nH]c2=O)c2ccc(-c3ccccc3)cc2)C1=O. The molecule has 3 N–H and O–H groups in total. The van der Waals surface area contributed by atoms with Crippen LogP contribution in [0.1, 0.15) is 11.1 Å². The van der Waals surface area contributed by atoms with E-state index in [0.717, 1.165) is 20.6 Å². The highest BCUT2D eigenvalue weighted by Gasteiger charge is 2.32. The summed E-state index contributed by atoms with van der Waals surface area (Å²) in [6, 6.07) is 16.3. The number of rotatable bonds is 5. The van der Waals surface area contributed by atoms with Crippen LogP contribution in [0.2, 0.25) is 0 Å². The number of H-pyrrole nitrogens is 1. The number of aromatic nitrogens is 2. The first-order valence-corrected chi connectivity index (χ1v) is 11.1. The Balaban J connectivity index is 1.79. The first-order valence-electron chi connectivity index (χ1n) is 11.1. The molecule has 3 aromatic rings. The Morgan fingerprint density at radius 3 is 2.22 bits per heavy atom. The van der Waals surface area contributed by atoms with Crippen LogP contribution in [0.3, 0.4) is 0 Å². The number of aromatic amines is 1. The van der Waals surface area contributed by atoms with Gasteiger partial charge < -0.3 is 5.11 Å². The molecule has 1 aliphatic rings. The summed E-state index contributed by atoms with van der Waals surface area (Å²) in [6.45, 7) is 0. The van der Waals surface area contributed by atoms with Crippen molar-refractivity contribution in [3.05, 3.63) is 110 Å². The molecule has 0 spiro atoms. The molecule has 186 valence electrons. The van der Waals surface area contributed by atoms with Crippen molar-refractivity contribution in [1.29, 1.82) is 0 Å². The molecule has 4 amide bonds. The van der Waals surface area contributed by atoms with E-state index >= 15 is 0 Å². The molecule has 0 aliphatic carbocycles. The average Bonchev–Trinajstić information content (AvgIpc) is 2.89. The molecule has 4 rings (SSSR count). The molecule has 1 aliphatic heterocycles. The van der Waals surface area contributed by atoms with Crippen molar-refractivity contribution in [3.8, 4) is 17.0 Å². The number of nitrogens with zero attached hydrogens (tertiary/aromatic N) is 2. The molecule has 0 bridgehead atoms. The zero-order valence-electron chi connectivity index (χ0n) is 19.9. The van der Waals surface area contributed by atoms with Gasteiger partial charge in [0.1, 0.15) is 11.1 Å². The van der Waals surface area contributed by atoms with Gasteiger partial charge in [-0.05, 0) is 34.4 Å². The summed E-state index contributed by atoms with van der Waals surface area (Å²) in [7, 11) is 2.55. The number of allylic oxidation sites excluding steroid dienone is 4. The van der Waals surface area contributed by atoms with Gasteiger partial charge in [-0.25, -0.2) is 9.59 Å². The molecule has 0 saturated carbocycles. The number of carbonyl (C=O) groups is 3. The number of amides is 4. The van der Waals surface area contributed by atoms with E-state index in [9.17, 15) is 29.1 Å². The van der Waals surface area contributed by atoms with Crippen LogP contribution in [-0.4, -0.2) is 44.5 Å². The lowest BCUT2D eigenvalue weighted by Gasteiger charge is -2.22. The Morgan fingerprint density at radius 2 is 1.54 bits per heavy atom. The van der Waals surface area contributed by atoms with Crippen LogP contribution >= 0.6 is 0 Å². The normalized spacial score (nSPS) is 15.5. The molecular weight excluding hydrogens is 476 g/mol. The first-order chi connectivity index (χ1) is 17.7. The minimum Gasteiger partial charge on any atom is -0.494 e. The van der Waals surface area contributed by atoms with Gasteiger partial charge in [0, 0.05) is 14.1 Å². The van der Waals surface area contributed by atoms with Crippen LogP contribution in [0.25, 0.3) is 22.8 Å². The first kappa shape index (κ1) is 24.9. The van der Waals surface area contributed by atoms with E-state index in [-0.39, 0.29) is 11.1 Å². The maximum Gasteiger partial charge on any atom is 0.331 e. The fourth-order valence-corrected chi connectivity index (χ4v) is 3.62. The monoisotopic (exact) mass is 498 g/mol. The quantitative estimate of drug-likeness (QED) is 0.280. The second-order valence-electron chi connectivity index (χ2n) is 8.16. The summed E-state index contributed by atoms with van der Waals surface area (Å²) in [6.07, 6.45) is 5.58. The Labute approximate surface area is 210 Å². The molecule has 0 radical (unpaired) electrons. The van der Waals surface area contributed by atoms with Gasteiger partial charge in [0.2, 0.25) is 5.88 Å². The highest BCUT2D eigenvalue weighted by atomic mass is 16.3. The molecule has 2 heterocycles. The second-order valence-corrected chi connectivity index (χ2v) is 8.16. The second kappa shape index (κ2) is 10.2. The molecule has 0 atom stereocenters. The molecule has 1 fully saturated rings. The average molecular weight is 498 g/mol. The smallest absolute Gasteiger partial charge is 0.331 e. The third-order valence-corrected chi connectivity index (χ3v) is 5.82. The lowest BCUT2D eigenvalue weighted by Crippen LogP contribution is -2.52.